The fourth-order valence-corrected chi connectivity index (χ4v) is 0.736. The van der Waals surface area contributed by atoms with Gasteiger partial charge in [0.25, 0.3) is 10.1 Å². The standard InChI is InChI=1S/C2H8N4O3S/c3-2(4)6(5)1-10(7,8)9/h1,5H2,(H3,3,4)(H,7,8,9). The largest absolute Gasteiger partial charge is 0.369 e. The Labute approximate surface area is 57.8 Å². The van der Waals surface area contributed by atoms with E-state index >= 15 is 0 Å². The van der Waals surface area contributed by atoms with E-state index in [9.17, 15) is 8.42 Å². The SMILES string of the molecule is N=C(N)N(N)CS(=O)(=O)O. The maximum atomic E-state index is 10.0. The molecule has 6 N–H and O–H groups in total. The molecule has 0 aliphatic heterocycles. The lowest BCUT2D eigenvalue weighted by Gasteiger charge is -2.12. The van der Waals surface area contributed by atoms with E-state index in [1.54, 1.807) is 0 Å². The van der Waals surface area contributed by atoms with Crippen molar-refractivity contribution in [1.29, 1.82) is 5.41 Å². The molecule has 0 aliphatic rings. The quantitative estimate of drug-likeness (QED) is 0.123. The van der Waals surface area contributed by atoms with Gasteiger partial charge < -0.3 is 5.73 Å². The van der Waals surface area contributed by atoms with Gasteiger partial charge in [-0.3, -0.25) is 15.0 Å². The molecule has 0 aromatic heterocycles. The first-order chi connectivity index (χ1) is 4.33. The van der Waals surface area contributed by atoms with Gasteiger partial charge in [-0.1, -0.05) is 0 Å². The Bertz CT molecular complexity index is 221. The number of nitrogens with one attached hydrogen (secondary N) is 1. The van der Waals surface area contributed by atoms with Crippen molar-refractivity contribution in [1.82, 2.24) is 5.01 Å². The molecule has 0 rings (SSSR count). The zero-order valence-electron chi connectivity index (χ0n) is 4.98. The van der Waals surface area contributed by atoms with Gasteiger partial charge in [-0.2, -0.15) is 8.42 Å². The molecule has 0 atom stereocenters. The molecular formula is C2H8N4O3S. The van der Waals surface area contributed by atoms with Crippen molar-refractivity contribution in [2.24, 2.45) is 11.6 Å². The van der Waals surface area contributed by atoms with Gasteiger partial charge in [0.1, 0.15) is 0 Å². The van der Waals surface area contributed by atoms with Crippen molar-refractivity contribution in [2.75, 3.05) is 5.88 Å². The lowest BCUT2D eigenvalue weighted by atomic mass is 10.9. The van der Waals surface area contributed by atoms with Gasteiger partial charge in [-0.05, 0) is 0 Å². The lowest BCUT2D eigenvalue weighted by molar-refractivity contribution is 0.429. The maximum Gasteiger partial charge on any atom is 0.284 e. The Kier molecular flexibility index (Phi) is 2.57. The average molecular weight is 168 g/mol. The first kappa shape index (κ1) is 9.14. The van der Waals surface area contributed by atoms with Crippen LogP contribution in [0.15, 0.2) is 0 Å². The Morgan fingerprint density at radius 2 is 2.10 bits per heavy atom. The van der Waals surface area contributed by atoms with Gasteiger partial charge in [0, 0.05) is 0 Å². The Balaban J connectivity index is 4.06. The number of rotatable bonds is 2. The van der Waals surface area contributed by atoms with Crippen molar-refractivity contribution >= 4 is 16.1 Å². The highest BCUT2D eigenvalue weighted by Gasteiger charge is 2.10. The third kappa shape index (κ3) is 4.06. The Morgan fingerprint density at radius 3 is 2.20 bits per heavy atom. The third-order valence-electron chi connectivity index (χ3n) is 0.612. The predicted octanol–water partition coefficient (Wildman–Crippen LogP) is -2.10. The molecule has 0 spiro atoms. The molecule has 0 radical (unpaired) electrons. The van der Waals surface area contributed by atoms with Gasteiger partial charge in [-0.25, -0.2) is 5.84 Å². The van der Waals surface area contributed by atoms with Crippen LogP contribution in [0, 0.1) is 5.41 Å². The van der Waals surface area contributed by atoms with Crippen molar-refractivity contribution in [3.05, 3.63) is 0 Å². The monoisotopic (exact) mass is 168 g/mol. The summed E-state index contributed by atoms with van der Waals surface area (Å²) in [6.45, 7) is 0. The van der Waals surface area contributed by atoms with Crippen LogP contribution in [0.25, 0.3) is 0 Å². The van der Waals surface area contributed by atoms with E-state index < -0.39 is 22.0 Å². The van der Waals surface area contributed by atoms with E-state index in [0.29, 0.717) is 5.01 Å². The van der Waals surface area contributed by atoms with Crippen LogP contribution in [0.1, 0.15) is 0 Å². The summed E-state index contributed by atoms with van der Waals surface area (Å²) in [7, 11) is -4.19. The second kappa shape index (κ2) is 2.82. The van der Waals surface area contributed by atoms with Crippen LogP contribution >= 0.6 is 0 Å². The van der Waals surface area contributed by atoms with Gasteiger partial charge in [0.15, 0.2) is 5.88 Å². The van der Waals surface area contributed by atoms with E-state index in [2.05, 4.69) is 0 Å². The minimum Gasteiger partial charge on any atom is -0.369 e. The molecule has 7 nitrogen and oxygen atoms in total. The first-order valence-electron chi connectivity index (χ1n) is 2.14. The summed E-state index contributed by atoms with van der Waals surface area (Å²) >= 11 is 0. The van der Waals surface area contributed by atoms with Crippen LogP contribution in [0.4, 0.5) is 0 Å². The normalized spacial score (nSPS) is 11.0. The Morgan fingerprint density at radius 1 is 1.70 bits per heavy atom. The molecule has 60 valence electrons. The van der Waals surface area contributed by atoms with Crippen molar-refractivity contribution in [2.45, 2.75) is 0 Å². The van der Waals surface area contributed by atoms with Crippen LogP contribution in [-0.4, -0.2) is 29.8 Å². The fourth-order valence-electron chi connectivity index (χ4n) is 0.245. The first-order valence-corrected chi connectivity index (χ1v) is 3.75. The third-order valence-corrected chi connectivity index (χ3v) is 1.22. The second-order valence-electron chi connectivity index (χ2n) is 1.57. The van der Waals surface area contributed by atoms with Crippen molar-refractivity contribution in [3.8, 4) is 0 Å². The molecule has 0 fully saturated rings. The lowest BCUT2D eigenvalue weighted by Crippen LogP contribution is -2.44. The number of guanidine groups is 1. The molecule has 0 heterocycles. The summed E-state index contributed by atoms with van der Waals surface area (Å²) in [5.41, 5.74) is 4.75. The topological polar surface area (TPSA) is 134 Å². The summed E-state index contributed by atoms with van der Waals surface area (Å²) in [5, 5.41) is 6.98. The summed E-state index contributed by atoms with van der Waals surface area (Å²) in [6, 6.07) is 0. The van der Waals surface area contributed by atoms with Crippen LogP contribution in [0.5, 0.6) is 0 Å². The number of hydrogen-bond donors (Lipinski definition) is 4. The summed E-state index contributed by atoms with van der Waals surface area (Å²) in [6.07, 6.45) is 0. The van der Waals surface area contributed by atoms with Crippen LogP contribution < -0.4 is 11.6 Å². The highest BCUT2D eigenvalue weighted by molar-refractivity contribution is 7.85. The summed E-state index contributed by atoms with van der Waals surface area (Å²) in [4.78, 5) is 0. The van der Waals surface area contributed by atoms with Crippen molar-refractivity contribution in [3.63, 3.8) is 0 Å². The average Bonchev–Trinajstić information content (AvgIpc) is 1.60. The van der Waals surface area contributed by atoms with Gasteiger partial charge in [-0.15, -0.1) is 0 Å². The molecule has 0 aliphatic carbocycles. The van der Waals surface area contributed by atoms with Gasteiger partial charge >= 0.3 is 0 Å². The zero-order chi connectivity index (χ0) is 8.36. The van der Waals surface area contributed by atoms with Gasteiger partial charge in [0.05, 0.1) is 0 Å². The molecule has 8 heteroatoms. The summed E-state index contributed by atoms with van der Waals surface area (Å²) < 4.78 is 28.2. The maximum absolute atomic E-state index is 10.0. The molecule has 0 bridgehead atoms. The number of hydrazine groups is 1. The van der Waals surface area contributed by atoms with Crippen LogP contribution in [-0.2, 0) is 10.1 Å². The Hall–Kier alpha value is -0.860. The van der Waals surface area contributed by atoms with E-state index in [-0.39, 0.29) is 0 Å². The smallest absolute Gasteiger partial charge is 0.284 e. The molecule has 0 saturated heterocycles. The molecular weight excluding hydrogens is 160 g/mol. The highest BCUT2D eigenvalue weighted by Crippen LogP contribution is 1.83. The van der Waals surface area contributed by atoms with E-state index in [4.69, 9.17) is 21.5 Å². The van der Waals surface area contributed by atoms with E-state index in [1.807, 2.05) is 0 Å². The number of nitrogens with two attached hydrogens (primary N) is 2. The molecule has 0 aromatic carbocycles. The summed E-state index contributed by atoms with van der Waals surface area (Å²) in [5.74, 6) is 3.35. The molecule has 10 heavy (non-hydrogen) atoms. The minimum absolute atomic E-state index is 0.398. The number of nitrogens with zero attached hydrogens (tertiary/aromatic N) is 1. The number of hydrogen-bond acceptors (Lipinski definition) is 4. The van der Waals surface area contributed by atoms with E-state index in [1.165, 1.54) is 0 Å². The van der Waals surface area contributed by atoms with Crippen LogP contribution in [0.2, 0.25) is 0 Å². The molecule has 0 amide bonds. The van der Waals surface area contributed by atoms with Crippen molar-refractivity contribution < 1.29 is 13.0 Å². The molecule has 0 aromatic rings. The van der Waals surface area contributed by atoms with E-state index in [0.717, 1.165) is 0 Å². The van der Waals surface area contributed by atoms with Gasteiger partial charge in [0.2, 0.25) is 5.96 Å². The molecule has 0 unspecified atom stereocenters. The van der Waals surface area contributed by atoms with Crippen LogP contribution in [0.3, 0.4) is 0 Å². The molecule has 0 saturated carbocycles. The highest BCUT2D eigenvalue weighted by atomic mass is 32.2. The predicted molar refractivity (Wildman–Crippen MR) is 34.4 cm³/mol. The zero-order valence-corrected chi connectivity index (χ0v) is 5.80. The fraction of sp³-hybridized carbons (Fsp3) is 0.500. The second-order valence-corrected chi connectivity index (χ2v) is 2.99. The minimum atomic E-state index is -4.19.